The molecule has 0 spiro atoms. The Bertz CT molecular complexity index is 454. The van der Waals surface area contributed by atoms with E-state index in [0.29, 0.717) is 18.5 Å². The highest BCUT2D eigenvalue weighted by Crippen LogP contribution is 2.25. The van der Waals surface area contributed by atoms with Gasteiger partial charge < -0.3 is 15.4 Å². The van der Waals surface area contributed by atoms with Crippen LogP contribution in [0.1, 0.15) is 44.9 Å². The Balaban J connectivity index is 1.68. The topological polar surface area (TPSA) is 50.4 Å². The molecule has 1 heterocycles. The summed E-state index contributed by atoms with van der Waals surface area (Å²) in [7, 11) is 0. The molecule has 1 amide bonds. The number of amides is 1. The Morgan fingerprint density at radius 3 is 2.91 bits per heavy atom. The quantitative estimate of drug-likeness (QED) is 0.841. The third-order valence-corrected chi connectivity index (χ3v) is 4.86. The zero-order valence-corrected chi connectivity index (χ0v) is 14.7. The molecule has 4 nitrogen and oxygen atoms in total. The van der Waals surface area contributed by atoms with Crippen LogP contribution in [0.4, 0.5) is 4.79 Å². The summed E-state index contributed by atoms with van der Waals surface area (Å²) in [4.78, 5) is 13.2. The molecule has 1 aliphatic carbocycles. The normalized spacial score (nSPS) is 21.8. The number of thiophene rings is 1. The van der Waals surface area contributed by atoms with Gasteiger partial charge in [-0.3, -0.25) is 0 Å². The minimum Gasteiger partial charge on any atom is -0.444 e. The maximum Gasteiger partial charge on any atom is 0.407 e. The van der Waals surface area contributed by atoms with Gasteiger partial charge in [0.1, 0.15) is 5.60 Å². The molecular formula is C17H28N2O2S. The van der Waals surface area contributed by atoms with Gasteiger partial charge in [-0.2, -0.15) is 0 Å². The molecule has 1 saturated carbocycles. The van der Waals surface area contributed by atoms with Gasteiger partial charge in [0.25, 0.3) is 0 Å². The van der Waals surface area contributed by atoms with Gasteiger partial charge in [-0.15, -0.1) is 11.3 Å². The standard InChI is InChI=1S/C17H28N2O2S/c1-17(2,3)21-16(20)19-12-13-6-4-8-15(13)18-10-9-14-7-5-11-22-14/h5,7,11,13,15,18H,4,6,8-10,12H2,1-3H3,(H,19,20). The molecule has 0 saturated heterocycles. The monoisotopic (exact) mass is 324 g/mol. The second-order valence-corrected chi connectivity index (χ2v) is 8.00. The average molecular weight is 324 g/mol. The number of carbonyl (C=O) groups excluding carboxylic acids is 1. The van der Waals surface area contributed by atoms with E-state index in [1.54, 1.807) is 0 Å². The summed E-state index contributed by atoms with van der Waals surface area (Å²) in [5, 5.41) is 8.70. The molecule has 0 aliphatic heterocycles. The van der Waals surface area contributed by atoms with Gasteiger partial charge in [0.2, 0.25) is 0 Å². The summed E-state index contributed by atoms with van der Waals surface area (Å²) in [6.07, 6.45) is 4.38. The van der Waals surface area contributed by atoms with Crippen molar-refractivity contribution in [1.82, 2.24) is 10.6 Å². The molecule has 0 radical (unpaired) electrons. The smallest absolute Gasteiger partial charge is 0.407 e. The number of alkyl carbamates (subject to hydrolysis) is 1. The number of hydrogen-bond donors (Lipinski definition) is 2. The van der Waals surface area contributed by atoms with Gasteiger partial charge in [-0.05, 0) is 57.4 Å². The predicted octanol–water partition coefficient (Wildman–Crippen LogP) is 3.57. The summed E-state index contributed by atoms with van der Waals surface area (Å²) in [5.41, 5.74) is -0.432. The molecule has 1 fully saturated rings. The van der Waals surface area contributed by atoms with E-state index < -0.39 is 5.60 Å². The molecule has 2 N–H and O–H groups in total. The van der Waals surface area contributed by atoms with Gasteiger partial charge in [0, 0.05) is 24.0 Å². The van der Waals surface area contributed by atoms with Crippen LogP contribution in [0.3, 0.4) is 0 Å². The molecule has 2 unspecified atom stereocenters. The lowest BCUT2D eigenvalue weighted by molar-refractivity contribution is 0.0517. The molecular weight excluding hydrogens is 296 g/mol. The Labute approximate surface area is 137 Å². The Kier molecular flexibility index (Phi) is 6.26. The van der Waals surface area contributed by atoms with Gasteiger partial charge in [-0.1, -0.05) is 12.5 Å². The highest BCUT2D eigenvalue weighted by molar-refractivity contribution is 7.09. The molecule has 2 rings (SSSR count). The van der Waals surface area contributed by atoms with E-state index in [1.807, 2.05) is 32.1 Å². The molecule has 124 valence electrons. The van der Waals surface area contributed by atoms with Gasteiger partial charge in [0.15, 0.2) is 0 Å². The minimum absolute atomic E-state index is 0.309. The minimum atomic E-state index is -0.432. The number of carbonyl (C=O) groups is 1. The zero-order valence-electron chi connectivity index (χ0n) is 13.9. The Morgan fingerprint density at radius 1 is 1.41 bits per heavy atom. The lowest BCUT2D eigenvalue weighted by Gasteiger charge is -2.23. The van der Waals surface area contributed by atoms with E-state index in [0.717, 1.165) is 13.0 Å². The fourth-order valence-electron chi connectivity index (χ4n) is 2.91. The van der Waals surface area contributed by atoms with Crippen LogP contribution in [0.15, 0.2) is 17.5 Å². The van der Waals surface area contributed by atoms with Crippen molar-refractivity contribution >= 4 is 17.4 Å². The Hall–Kier alpha value is -1.07. The van der Waals surface area contributed by atoms with Crippen LogP contribution in [-0.2, 0) is 11.2 Å². The van der Waals surface area contributed by atoms with Gasteiger partial charge in [-0.25, -0.2) is 4.79 Å². The first-order valence-corrected chi connectivity index (χ1v) is 9.04. The van der Waals surface area contributed by atoms with Crippen molar-refractivity contribution in [2.45, 2.75) is 58.1 Å². The first-order valence-electron chi connectivity index (χ1n) is 8.16. The fraction of sp³-hybridized carbons (Fsp3) is 0.706. The van der Waals surface area contributed by atoms with Crippen molar-refractivity contribution in [3.63, 3.8) is 0 Å². The summed E-state index contributed by atoms with van der Waals surface area (Å²) in [5.74, 6) is 0.510. The molecule has 5 heteroatoms. The maximum absolute atomic E-state index is 11.7. The van der Waals surface area contributed by atoms with Crippen LogP contribution in [0.5, 0.6) is 0 Å². The fourth-order valence-corrected chi connectivity index (χ4v) is 3.62. The summed E-state index contributed by atoms with van der Waals surface area (Å²) in [6, 6.07) is 4.79. The van der Waals surface area contributed by atoms with Crippen molar-refractivity contribution in [1.29, 1.82) is 0 Å². The molecule has 1 aromatic heterocycles. The van der Waals surface area contributed by atoms with Crippen molar-refractivity contribution in [3.05, 3.63) is 22.4 Å². The first kappa shape index (κ1) is 17.3. The number of hydrogen-bond acceptors (Lipinski definition) is 4. The zero-order chi connectivity index (χ0) is 16.0. The molecule has 1 aliphatic rings. The average Bonchev–Trinajstić information content (AvgIpc) is 3.06. The molecule has 0 bridgehead atoms. The lowest BCUT2D eigenvalue weighted by atomic mass is 10.0. The second kappa shape index (κ2) is 7.97. The van der Waals surface area contributed by atoms with Gasteiger partial charge >= 0.3 is 6.09 Å². The van der Waals surface area contributed by atoms with Crippen LogP contribution in [0.25, 0.3) is 0 Å². The highest BCUT2D eigenvalue weighted by atomic mass is 32.1. The van der Waals surface area contributed by atoms with Crippen molar-refractivity contribution in [3.8, 4) is 0 Å². The van der Waals surface area contributed by atoms with Crippen LogP contribution < -0.4 is 10.6 Å². The van der Waals surface area contributed by atoms with E-state index in [2.05, 4.69) is 28.1 Å². The van der Waals surface area contributed by atoms with Gasteiger partial charge in [0.05, 0.1) is 0 Å². The van der Waals surface area contributed by atoms with E-state index in [4.69, 9.17) is 4.74 Å². The predicted molar refractivity (Wildman–Crippen MR) is 91.4 cm³/mol. The van der Waals surface area contributed by atoms with E-state index >= 15 is 0 Å². The molecule has 0 aromatic carbocycles. The lowest BCUT2D eigenvalue weighted by Crippen LogP contribution is -2.41. The van der Waals surface area contributed by atoms with E-state index in [9.17, 15) is 4.79 Å². The van der Waals surface area contributed by atoms with Crippen molar-refractivity contribution in [2.75, 3.05) is 13.1 Å². The second-order valence-electron chi connectivity index (χ2n) is 6.96. The number of rotatable bonds is 6. The summed E-state index contributed by atoms with van der Waals surface area (Å²) >= 11 is 1.81. The van der Waals surface area contributed by atoms with Crippen LogP contribution in [-0.4, -0.2) is 30.8 Å². The van der Waals surface area contributed by atoms with Crippen molar-refractivity contribution < 1.29 is 9.53 Å². The van der Waals surface area contributed by atoms with E-state index in [-0.39, 0.29) is 6.09 Å². The maximum atomic E-state index is 11.7. The highest BCUT2D eigenvalue weighted by Gasteiger charge is 2.27. The third-order valence-electron chi connectivity index (χ3n) is 3.92. The van der Waals surface area contributed by atoms with E-state index in [1.165, 1.54) is 24.1 Å². The summed E-state index contributed by atoms with van der Waals surface area (Å²) in [6.45, 7) is 7.37. The summed E-state index contributed by atoms with van der Waals surface area (Å²) < 4.78 is 5.29. The SMILES string of the molecule is CC(C)(C)OC(=O)NCC1CCCC1NCCc1cccs1. The van der Waals surface area contributed by atoms with Crippen LogP contribution >= 0.6 is 11.3 Å². The molecule has 1 aromatic rings. The van der Waals surface area contributed by atoms with Crippen molar-refractivity contribution in [2.24, 2.45) is 5.92 Å². The molecule has 2 atom stereocenters. The number of ether oxygens (including phenoxy) is 1. The Morgan fingerprint density at radius 2 is 2.23 bits per heavy atom. The third kappa shape index (κ3) is 5.97. The first-order chi connectivity index (χ1) is 10.4. The number of nitrogens with one attached hydrogen (secondary N) is 2. The van der Waals surface area contributed by atoms with Crippen LogP contribution in [0.2, 0.25) is 0 Å². The van der Waals surface area contributed by atoms with Crippen LogP contribution in [0, 0.1) is 5.92 Å². The largest absolute Gasteiger partial charge is 0.444 e. The molecule has 22 heavy (non-hydrogen) atoms.